The van der Waals surface area contributed by atoms with Crippen LogP contribution in [-0.4, -0.2) is 22.8 Å². The van der Waals surface area contributed by atoms with Gasteiger partial charge in [0.2, 0.25) is 0 Å². The number of benzene rings is 2. The molecule has 0 bridgehead atoms. The van der Waals surface area contributed by atoms with E-state index in [4.69, 9.17) is 4.99 Å². The molecule has 0 radical (unpaired) electrons. The lowest BCUT2D eigenvalue weighted by Gasteiger charge is -2.17. The van der Waals surface area contributed by atoms with E-state index in [0.29, 0.717) is 16.8 Å². The van der Waals surface area contributed by atoms with E-state index >= 15 is 0 Å². The quantitative estimate of drug-likeness (QED) is 0.613. The molecule has 1 aliphatic carbocycles. The van der Waals surface area contributed by atoms with Crippen molar-refractivity contribution in [3.8, 4) is 0 Å². The van der Waals surface area contributed by atoms with Gasteiger partial charge in [-0.1, -0.05) is 54.1 Å². The topological polar surface area (TPSA) is 46.5 Å². The average molecular weight is 319 g/mol. The number of carbonyl (C=O) groups is 2. The minimum Gasteiger partial charge on any atom is -0.293 e. The van der Waals surface area contributed by atoms with E-state index in [1.165, 1.54) is 0 Å². The number of fused-ring (bicyclic) bond motifs is 1. The van der Waals surface area contributed by atoms with E-state index in [0.717, 1.165) is 11.1 Å². The van der Waals surface area contributed by atoms with Crippen molar-refractivity contribution in [3.05, 3.63) is 70.8 Å². The van der Waals surface area contributed by atoms with Gasteiger partial charge in [-0.05, 0) is 27.7 Å². The molecule has 2 aromatic carbocycles. The molecular weight excluding hydrogens is 298 g/mol. The molecule has 1 atom stereocenters. The van der Waals surface area contributed by atoms with Crippen molar-refractivity contribution in [1.82, 2.24) is 0 Å². The fourth-order valence-corrected chi connectivity index (χ4v) is 2.97. The summed E-state index contributed by atoms with van der Waals surface area (Å²) in [6.07, 6.45) is 0. The van der Waals surface area contributed by atoms with E-state index in [9.17, 15) is 9.59 Å². The van der Waals surface area contributed by atoms with Crippen molar-refractivity contribution in [2.75, 3.05) is 0 Å². The van der Waals surface area contributed by atoms with Gasteiger partial charge in [-0.3, -0.25) is 14.6 Å². The minimum atomic E-state index is -0.843. The van der Waals surface area contributed by atoms with Crippen LogP contribution in [0.3, 0.4) is 0 Å². The molecule has 0 N–H and O–H groups in total. The minimum absolute atomic E-state index is 0.154. The highest BCUT2D eigenvalue weighted by atomic mass is 16.2. The first kappa shape index (κ1) is 16.3. The Morgan fingerprint density at radius 2 is 1.54 bits per heavy atom. The van der Waals surface area contributed by atoms with Crippen LogP contribution in [0.25, 0.3) is 0 Å². The zero-order chi connectivity index (χ0) is 17.5. The second-order valence-corrected chi connectivity index (χ2v) is 7.24. The van der Waals surface area contributed by atoms with Crippen LogP contribution in [0.1, 0.15) is 52.6 Å². The van der Waals surface area contributed by atoms with Gasteiger partial charge in [0.15, 0.2) is 11.6 Å². The molecule has 1 unspecified atom stereocenters. The van der Waals surface area contributed by atoms with Crippen LogP contribution in [0, 0.1) is 12.8 Å². The second-order valence-electron chi connectivity index (χ2n) is 7.24. The Bertz CT molecular complexity index is 839. The third-order valence-electron chi connectivity index (χ3n) is 4.06. The molecule has 3 heteroatoms. The number of nitrogens with zero attached hydrogens (tertiary/aromatic N) is 1. The highest BCUT2D eigenvalue weighted by Crippen LogP contribution is 2.31. The largest absolute Gasteiger partial charge is 0.293 e. The van der Waals surface area contributed by atoms with E-state index < -0.39 is 5.92 Å². The molecular formula is C21H21NO2. The molecule has 122 valence electrons. The van der Waals surface area contributed by atoms with Gasteiger partial charge < -0.3 is 0 Å². The summed E-state index contributed by atoms with van der Waals surface area (Å²) in [5, 5.41) is 0. The molecule has 0 saturated heterocycles. The maximum Gasteiger partial charge on any atom is 0.180 e. The summed E-state index contributed by atoms with van der Waals surface area (Å²) in [6, 6.07) is 14.7. The standard InChI is InChI=1S/C21H21NO2/c1-13-9-11-14(12-10-13)19(23)17-18(22-21(2,3)4)15-7-5-6-8-16(15)20(17)24/h5-12,17H,1-4H3. The lowest BCUT2D eigenvalue weighted by molar-refractivity contribution is 0.0860. The number of hydrogen-bond donors (Lipinski definition) is 0. The predicted molar refractivity (Wildman–Crippen MR) is 96.1 cm³/mol. The van der Waals surface area contributed by atoms with Gasteiger partial charge in [0.1, 0.15) is 5.92 Å². The first-order valence-electron chi connectivity index (χ1n) is 8.12. The third-order valence-corrected chi connectivity index (χ3v) is 4.06. The van der Waals surface area contributed by atoms with Crippen LogP contribution < -0.4 is 0 Å². The summed E-state index contributed by atoms with van der Waals surface area (Å²) in [5.74, 6) is -1.18. The SMILES string of the molecule is Cc1ccc(C(=O)C2C(=O)c3ccccc3C2=NC(C)(C)C)cc1. The molecule has 2 aromatic rings. The van der Waals surface area contributed by atoms with E-state index in [2.05, 4.69) is 0 Å². The predicted octanol–water partition coefficient (Wildman–Crippen LogP) is 4.28. The molecule has 0 heterocycles. The van der Waals surface area contributed by atoms with Crippen LogP contribution >= 0.6 is 0 Å². The van der Waals surface area contributed by atoms with Crippen molar-refractivity contribution in [2.45, 2.75) is 33.2 Å². The van der Waals surface area contributed by atoms with Crippen LogP contribution in [0.4, 0.5) is 0 Å². The average Bonchev–Trinajstić information content (AvgIpc) is 2.79. The summed E-state index contributed by atoms with van der Waals surface area (Å²) in [4.78, 5) is 30.6. The van der Waals surface area contributed by atoms with Crippen LogP contribution in [0.2, 0.25) is 0 Å². The van der Waals surface area contributed by atoms with Crippen LogP contribution in [-0.2, 0) is 0 Å². The van der Waals surface area contributed by atoms with Crippen molar-refractivity contribution in [2.24, 2.45) is 10.9 Å². The van der Waals surface area contributed by atoms with Gasteiger partial charge >= 0.3 is 0 Å². The summed E-state index contributed by atoms with van der Waals surface area (Å²) in [6.45, 7) is 7.88. The fraction of sp³-hybridized carbons (Fsp3) is 0.286. The van der Waals surface area contributed by atoms with Crippen LogP contribution in [0.5, 0.6) is 0 Å². The Morgan fingerprint density at radius 3 is 2.12 bits per heavy atom. The molecule has 0 aromatic heterocycles. The van der Waals surface area contributed by atoms with Gasteiger partial charge in [-0.25, -0.2) is 0 Å². The summed E-state index contributed by atoms with van der Waals surface area (Å²) >= 11 is 0. The number of aliphatic imine (C=N–C) groups is 1. The summed E-state index contributed by atoms with van der Waals surface area (Å²) < 4.78 is 0. The molecule has 3 rings (SSSR count). The first-order valence-corrected chi connectivity index (χ1v) is 8.12. The maximum absolute atomic E-state index is 13.0. The summed E-state index contributed by atoms with van der Waals surface area (Å²) in [5.41, 5.74) is 3.23. The van der Waals surface area contributed by atoms with Crippen LogP contribution in [0.15, 0.2) is 53.5 Å². The molecule has 0 aliphatic heterocycles. The van der Waals surface area contributed by atoms with Crippen molar-refractivity contribution < 1.29 is 9.59 Å². The molecule has 0 fully saturated rings. The van der Waals surface area contributed by atoms with Gasteiger partial charge in [0.25, 0.3) is 0 Å². The number of rotatable bonds is 2. The van der Waals surface area contributed by atoms with E-state index in [1.807, 2.05) is 58.0 Å². The Morgan fingerprint density at radius 1 is 0.958 bits per heavy atom. The molecule has 0 saturated carbocycles. The van der Waals surface area contributed by atoms with Crippen molar-refractivity contribution in [3.63, 3.8) is 0 Å². The van der Waals surface area contributed by atoms with Crippen molar-refractivity contribution >= 4 is 17.3 Å². The Balaban J connectivity index is 2.12. The number of carbonyl (C=O) groups excluding carboxylic acids is 2. The fourth-order valence-electron chi connectivity index (χ4n) is 2.97. The summed E-state index contributed by atoms with van der Waals surface area (Å²) in [7, 11) is 0. The highest BCUT2D eigenvalue weighted by molar-refractivity contribution is 6.39. The Labute approximate surface area is 142 Å². The Kier molecular flexibility index (Phi) is 3.96. The van der Waals surface area contributed by atoms with Gasteiger partial charge in [0.05, 0.1) is 11.3 Å². The number of aryl methyl sites for hydroxylation is 1. The highest BCUT2D eigenvalue weighted by Gasteiger charge is 2.42. The van der Waals surface area contributed by atoms with E-state index in [1.54, 1.807) is 18.2 Å². The second kappa shape index (κ2) is 5.82. The molecule has 0 spiro atoms. The zero-order valence-corrected chi connectivity index (χ0v) is 14.5. The van der Waals surface area contributed by atoms with Gasteiger partial charge in [-0.15, -0.1) is 0 Å². The molecule has 0 amide bonds. The molecule has 24 heavy (non-hydrogen) atoms. The first-order chi connectivity index (χ1) is 11.3. The zero-order valence-electron chi connectivity index (χ0n) is 14.5. The van der Waals surface area contributed by atoms with E-state index in [-0.39, 0.29) is 17.1 Å². The Hall–Kier alpha value is -2.55. The number of hydrogen-bond acceptors (Lipinski definition) is 3. The lowest BCUT2D eigenvalue weighted by atomic mass is 9.91. The molecule has 1 aliphatic rings. The normalized spacial score (nSPS) is 18.8. The number of Topliss-reactive ketones (excluding diaryl/α,β-unsaturated/α-hetero) is 2. The maximum atomic E-state index is 13.0. The monoisotopic (exact) mass is 319 g/mol. The van der Waals surface area contributed by atoms with Crippen molar-refractivity contribution in [1.29, 1.82) is 0 Å². The third kappa shape index (κ3) is 2.94. The lowest BCUT2D eigenvalue weighted by Crippen LogP contribution is -2.28. The molecule has 3 nitrogen and oxygen atoms in total. The smallest absolute Gasteiger partial charge is 0.180 e. The van der Waals surface area contributed by atoms with Gasteiger partial charge in [0, 0.05) is 16.7 Å². The number of ketones is 2. The van der Waals surface area contributed by atoms with Gasteiger partial charge in [-0.2, -0.15) is 0 Å².